The van der Waals surface area contributed by atoms with E-state index in [1.807, 2.05) is 35.9 Å². The molecule has 0 saturated carbocycles. The molecule has 3 aromatic rings. The zero-order valence-electron chi connectivity index (χ0n) is 16.3. The minimum atomic E-state index is -0.161. The lowest BCUT2D eigenvalue weighted by Crippen LogP contribution is -2.17. The summed E-state index contributed by atoms with van der Waals surface area (Å²) in [6.07, 6.45) is 0. The van der Waals surface area contributed by atoms with Crippen LogP contribution in [-0.4, -0.2) is 46.7 Å². The van der Waals surface area contributed by atoms with Crippen molar-refractivity contribution in [2.24, 2.45) is 7.05 Å². The first-order chi connectivity index (χ1) is 14.5. The first-order valence-electron chi connectivity index (χ1n) is 9.11. The largest absolute Gasteiger partial charge is 0.497 e. The Balaban J connectivity index is 1.40. The molecule has 0 bridgehead atoms. The molecule has 1 aliphatic rings. The number of anilines is 1. The topological polar surface area (TPSA) is 87.5 Å². The summed E-state index contributed by atoms with van der Waals surface area (Å²) in [4.78, 5) is 12.5. The Bertz CT molecular complexity index is 1070. The molecule has 156 valence electrons. The van der Waals surface area contributed by atoms with Crippen molar-refractivity contribution in [3.05, 3.63) is 40.9 Å². The van der Waals surface area contributed by atoms with Gasteiger partial charge >= 0.3 is 0 Å². The van der Waals surface area contributed by atoms with E-state index in [0.29, 0.717) is 35.6 Å². The van der Waals surface area contributed by atoms with E-state index in [2.05, 4.69) is 31.4 Å². The molecule has 0 aliphatic carbocycles. The zero-order chi connectivity index (χ0) is 21.1. The lowest BCUT2D eigenvalue weighted by Gasteiger charge is -2.20. The summed E-state index contributed by atoms with van der Waals surface area (Å²) in [6, 6.07) is 11.1. The van der Waals surface area contributed by atoms with Gasteiger partial charge in [-0.15, -0.1) is 10.2 Å². The number of nitrogens with zero attached hydrogens (tertiary/aromatic N) is 3. The third kappa shape index (κ3) is 4.39. The summed E-state index contributed by atoms with van der Waals surface area (Å²) >= 11 is 4.77. The van der Waals surface area contributed by atoms with Gasteiger partial charge in [0.15, 0.2) is 22.5 Å². The number of rotatable bonds is 6. The molecule has 1 aromatic heterocycles. The molecule has 1 amide bonds. The number of amides is 1. The molecule has 1 N–H and O–H groups in total. The summed E-state index contributed by atoms with van der Waals surface area (Å²) in [5.74, 6) is 2.80. The Hall–Kier alpha value is -2.72. The summed E-state index contributed by atoms with van der Waals surface area (Å²) < 4.78 is 18.9. The molecular weight excluding hydrogens is 472 g/mol. The quantitative estimate of drug-likeness (QED) is 0.526. The van der Waals surface area contributed by atoms with Gasteiger partial charge in [-0.05, 0) is 40.2 Å². The Labute approximate surface area is 186 Å². The van der Waals surface area contributed by atoms with Gasteiger partial charge < -0.3 is 24.1 Å². The molecule has 4 rings (SSSR count). The van der Waals surface area contributed by atoms with Crippen LogP contribution in [0.15, 0.2) is 46.0 Å². The van der Waals surface area contributed by atoms with E-state index in [4.69, 9.17) is 14.2 Å². The molecule has 0 atom stereocenters. The minimum Gasteiger partial charge on any atom is -0.497 e. The maximum Gasteiger partial charge on any atom is 0.234 e. The molecule has 0 fully saturated rings. The van der Waals surface area contributed by atoms with Gasteiger partial charge in [-0.3, -0.25) is 4.79 Å². The summed E-state index contributed by atoms with van der Waals surface area (Å²) in [5.41, 5.74) is 1.55. The van der Waals surface area contributed by atoms with E-state index in [1.54, 1.807) is 19.2 Å². The maximum absolute atomic E-state index is 12.5. The number of ether oxygens (including phenoxy) is 3. The van der Waals surface area contributed by atoms with Gasteiger partial charge in [0.1, 0.15) is 19.0 Å². The van der Waals surface area contributed by atoms with Gasteiger partial charge in [0.2, 0.25) is 5.91 Å². The average molecular weight is 491 g/mol. The number of fused-ring (bicyclic) bond motifs is 1. The fraction of sp³-hybridized carbons (Fsp3) is 0.250. The first kappa shape index (κ1) is 20.5. The van der Waals surface area contributed by atoms with Gasteiger partial charge in [0.25, 0.3) is 0 Å². The number of carbonyl (C=O) groups excluding carboxylic acids is 1. The SMILES string of the molecule is COc1ccc(-c2nnc(SCC(=O)Nc3cc4c(cc3Br)OCCO4)n2C)cc1. The highest BCUT2D eigenvalue weighted by atomic mass is 79.9. The number of halogens is 1. The fourth-order valence-electron chi connectivity index (χ4n) is 2.91. The molecule has 2 heterocycles. The number of hydrogen-bond donors (Lipinski definition) is 1. The van der Waals surface area contributed by atoms with Crippen LogP contribution < -0.4 is 19.5 Å². The number of thioether (sulfide) groups is 1. The molecule has 0 unspecified atom stereocenters. The average Bonchev–Trinajstić information content (AvgIpc) is 3.13. The van der Waals surface area contributed by atoms with E-state index in [9.17, 15) is 4.79 Å². The van der Waals surface area contributed by atoms with Crippen molar-refractivity contribution < 1.29 is 19.0 Å². The monoisotopic (exact) mass is 490 g/mol. The highest BCUT2D eigenvalue weighted by Crippen LogP contribution is 2.38. The standard InChI is InChI=1S/C20H19BrN4O4S/c1-25-19(12-3-5-13(27-2)6-4-12)23-24-20(25)30-11-18(26)22-15-10-17-16(9-14(15)21)28-7-8-29-17/h3-6,9-10H,7-8,11H2,1-2H3,(H,22,26). The van der Waals surface area contributed by atoms with Gasteiger partial charge in [0, 0.05) is 29.2 Å². The first-order valence-corrected chi connectivity index (χ1v) is 10.9. The zero-order valence-corrected chi connectivity index (χ0v) is 18.7. The van der Waals surface area contributed by atoms with Crippen molar-refractivity contribution in [1.29, 1.82) is 0 Å². The molecule has 8 nitrogen and oxygen atoms in total. The van der Waals surface area contributed by atoms with Gasteiger partial charge in [-0.25, -0.2) is 0 Å². The number of hydrogen-bond acceptors (Lipinski definition) is 7. The molecule has 10 heteroatoms. The van der Waals surface area contributed by atoms with Gasteiger partial charge in [0.05, 0.1) is 18.6 Å². The molecule has 0 saturated heterocycles. The Morgan fingerprint density at radius 2 is 1.90 bits per heavy atom. The number of benzene rings is 2. The second-order valence-corrected chi connectivity index (χ2v) is 8.20. The molecule has 30 heavy (non-hydrogen) atoms. The van der Waals surface area contributed by atoms with Crippen molar-refractivity contribution in [2.45, 2.75) is 5.16 Å². The highest BCUT2D eigenvalue weighted by Gasteiger charge is 2.17. The third-order valence-electron chi connectivity index (χ3n) is 4.42. The van der Waals surface area contributed by atoms with Crippen LogP contribution in [0.2, 0.25) is 0 Å². The fourth-order valence-corrected chi connectivity index (χ4v) is 4.04. The van der Waals surface area contributed by atoms with Crippen molar-refractivity contribution in [3.63, 3.8) is 0 Å². The van der Waals surface area contributed by atoms with E-state index in [1.165, 1.54) is 11.8 Å². The van der Waals surface area contributed by atoms with Crippen LogP contribution in [0.5, 0.6) is 17.2 Å². The molecule has 1 aliphatic heterocycles. The number of nitrogens with one attached hydrogen (secondary N) is 1. The predicted molar refractivity (Wildman–Crippen MR) is 117 cm³/mol. The lowest BCUT2D eigenvalue weighted by atomic mass is 10.2. The predicted octanol–water partition coefficient (Wildman–Crippen LogP) is 3.76. The van der Waals surface area contributed by atoms with Crippen molar-refractivity contribution >= 4 is 39.3 Å². The maximum atomic E-state index is 12.5. The summed E-state index contributed by atoms with van der Waals surface area (Å²) in [5, 5.41) is 12.0. The van der Waals surface area contributed by atoms with Gasteiger partial charge in [-0.1, -0.05) is 11.8 Å². The normalized spacial score (nSPS) is 12.5. The highest BCUT2D eigenvalue weighted by molar-refractivity contribution is 9.10. The summed E-state index contributed by atoms with van der Waals surface area (Å²) in [6.45, 7) is 0.999. The molecule has 0 radical (unpaired) electrons. The Morgan fingerprint density at radius 1 is 1.20 bits per heavy atom. The second kappa shape index (κ2) is 8.97. The van der Waals surface area contributed by atoms with Crippen LogP contribution in [0, 0.1) is 0 Å². The van der Waals surface area contributed by atoms with Crippen molar-refractivity contribution in [3.8, 4) is 28.6 Å². The van der Waals surface area contributed by atoms with E-state index in [0.717, 1.165) is 21.6 Å². The van der Waals surface area contributed by atoms with Gasteiger partial charge in [-0.2, -0.15) is 0 Å². The minimum absolute atomic E-state index is 0.161. The van der Waals surface area contributed by atoms with Crippen LogP contribution >= 0.6 is 27.7 Å². The van der Waals surface area contributed by atoms with Crippen LogP contribution in [0.3, 0.4) is 0 Å². The van der Waals surface area contributed by atoms with E-state index >= 15 is 0 Å². The van der Waals surface area contributed by atoms with Crippen molar-refractivity contribution in [2.75, 3.05) is 31.4 Å². The molecule has 2 aromatic carbocycles. The van der Waals surface area contributed by atoms with E-state index in [-0.39, 0.29) is 11.7 Å². The molecular formula is C20H19BrN4O4S. The van der Waals surface area contributed by atoms with E-state index < -0.39 is 0 Å². The van der Waals surface area contributed by atoms with Crippen LogP contribution in [0.4, 0.5) is 5.69 Å². The number of aromatic nitrogens is 3. The van der Waals surface area contributed by atoms with Crippen LogP contribution in [0.1, 0.15) is 0 Å². The Morgan fingerprint density at radius 3 is 2.60 bits per heavy atom. The third-order valence-corrected chi connectivity index (χ3v) is 6.10. The van der Waals surface area contributed by atoms with Crippen LogP contribution in [-0.2, 0) is 11.8 Å². The number of methoxy groups -OCH3 is 1. The van der Waals surface area contributed by atoms with Crippen molar-refractivity contribution in [1.82, 2.24) is 14.8 Å². The smallest absolute Gasteiger partial charge is 0.234 e. The summed E-state index contributed by atoms with van der Waals surface area (Å²) in [7, 11) is 3.50. The van der Waals surface area contributed by atoms with Crippen LogP contribution in [0.25, 0.3) is 11.4 Å². The molecule has 0 spiro atoms. The second-order valence-electron chi connectivity index (χ2n) is 6.41. The lowest BCUT2D eigenvalue weighted by molar-refractivity contribution is -0.113. The Kier molecular flexibility index (Phi) is 6.14. The number of carbonyl (C=O) groups is 1.